The van der Waals surface area contributed by atoms with Gasteiger partial charge in [-0.25, -0.2) is 0 Å². The molecule has 0 saturated carbocycles. The summed E-state index contributed by atoms with van der Waals surface area (Å²) in [5, 5.41) is 4.65. The normalized spacial score (nSPS) is 15.3. The Labute approximate surface area is 530 Å². The van der Waals surface area contributed by atoms with Gasteiger partial charge in [0.2, 0.25) is 0 Å². The topological polar surface area (TPSA) is 29.5 Å². The standard InChI is InChI=1S/C88H63NO2/c1-52-26-25-27-53(2)83(52)89(58-43-45-62-69(48-58)86(5,6)82-80(62)84-79(64-38-21-24-41-74(64)91-84)78-61-36-19-22-39-67(61)85(3,4)81(78)82)59-42-44-60-65-50-72-66(51-71(65)88(70(60)49-59,56-32-15-9-16-33-56)57-34-17-10-18-35-57)76-68(46-47-75-77(76)63-37-20-23-40-73(63)90-75)87(72,54-28-11-7-12-29-54)55-30-13-8-14-31-55/h7-51H,1-6H3. The summed E-state index contributed by atoms with van der Waals surface area (Å²) in [5.41, 5.74) is 32.7. The molecule has 0 N–H and O–H groups in total. The number of benzene rings is 13. The van der Waals surface area contributed by atoms with Crippen LogP contribution in [0.4, 0.5) is 17.1 Å². The molecule has 0 bridgehead atoms. The lowest BCUT2D eigenvalue weighted by Gasteiger charge is -2.36. The van der Waals surface area contributed by atoms with Crippen LogP contribution in [0.1, 0.15) is 106 Å². The molecular formula is C88H63NO2. The number of anilines is 3. The van der Waals surface area contributed by atoms with E-state index < -0.39 is 16.2 Å². The first kappa shape index (κ1) is 52.2. The van der Waals surface area contributed by atoms with Crippen molar-refractivity contribution in [2.75, 3.05) is 4.90 Å². The zero-order valence-corrected chi connectivity index (χ0v) is 51.7. The van der Waals surface area contributed by atoms with Gasteiger partial charge < -0.3 is 13.7 Å². The first-order valence-corrected chi connectivity index (χ1v) is 32.1. The van der Waals surface area contributed by atoms with Gasteiger partial charge >= 0.3 is 0 Å². The molecular weight excluding hydrogens is 1100 g/mol. The molecule has 3 nitrogen and oxygen atoms in total. The molecule has 0 unspecified atom stereocenters. The Hall–Kier alpha value is -10.7. The molecule has 0 radical (unpaired) electrons. The average Bonchev–Trinajstić information content (AvgIpc) is 1.52. The minimum Gasteiger partial charge on any atom is -0.456 e. The number of para-hydroxylation sites is 3. The van der Waals surface area contributed by atoms with E-state index in [0.29, 0.717) is 0 Å². The third-order valence-corrected chi connectivity index (χ3v) is 21.8. The summed E-state index contributed by atoms with van der Waals surface area (Å²) in [6.07, 6.45) is 0. The zero-order valence-electron chi connectivity index (χ0n) is 51.7. The van der Waals surface area contributed by atoms with E-state index in [1.807, 2.05) is 0 Å². The van der Waals surface area contributed by atoms with Crippen molar-refractivity contribution >= 4 is 60.9 Å². The van der Waals surface area contributed by atoms with Crippen LogP contribution in [-0.2, 0) is 21.7 Å². The van der Waals surface area contributed by atoms with Gasteiger partial charge in [0.05, 0.1) is 16.5 Å². The van der Waals surface area contributed by atoms with E-state index >= 15 is 0 Å². The Morgan fingerprint density at radius 3 is 1.38 bits per heavy atom. The smallest absolute Gasteiger partial charge is 0.144 e. The fourth-order valence-electron chi connectivity index (χ4n) is 18.1. The van der Waals surface area contributed by atoms with Crippen molar-refractivity contribution < 1.29 is 8.83 Å². The molecule has 2 heterocycles. The molecule has 0 aliphatic heterocycles. The minimum absolute atomic E-state index is 0.255. The van der Waals surface area contributed by atoms with Crippen LogP contribution >= 0.6 is 0 Å². The number of furan rings is 2. The molecule has 0 spiro atoms. The quantitative estimate of drug-likeness (QED) is 0.159. The number of hydrogen-bond donors (Lipinski definition) is 0. The van der Waals surface area contributed by atoms with Gasteiger partial charge in [-0.1, -0.05) is 246 Å². The Morgan fingerprint density at radius 2 is 0.758 bits per heavy atom. The van der Waals surface area contributed by atoms with Crippen LogP contribution in [0.2, 0.25) is 0 Å². The minimum atomic E-state index is -0.758. The molecule has 2 aromatic heterocycles. The highest BCUT2D eigenvalue weighted by Crippen LogP contribution is 2.67. The van der Waals surface area contributed by atoms with Gasteiger partial charge in [0.15, 0.2) is 0 Å². The fraction of sp³-hybridized carbons (Fsp3) is 0.114. The molecule has 4 aliphatic carbocycles. The number of aryl methyl sites for hydroxylation is 2. The van der Waals surface area contributed by atoms with Gasteiger partial charge in [0, 0.05) is 49.3 Å². The summed E-state index contributed by atoms with van der Waals surface area (Å²) in [6, 6.07) is 103. The number of hydrogen-bond acceptors (Lipinski definition) is 3. The maximum Gasteiger partial charge on any atom is 0.144 e. The van der Waals surface area contributed by atoms with Crippen LogP contribution in [0, 0.1) is 13.8 Å². The average molecular weight is 1170 g/mol. The van der Waals surface area contributed by atoms with E-state index in [1.165, 1.54) is 139 Å². The van der Waals surface area contributed by atoms with Gasteiger partial charge in [0.1, 0.15) is 22.3 Å². The molecule has 4 aliphatic rings. The maximum atomic E-state index is 7.18. The highest BCUT2D eigenvalue weighted by atomic mass is 16.3. The van der Waals surface area contributed by atoms with Crippen molar-refractivity contribution in [3.8, 4) is 44.5 Å². The highest BCUT2D eigenvalue weighted by molar-refractivity contribution is 6.21. The highest BCUT2D eigenvalue weighted by Gasteiger charge is 2.53. The second kappa shape index (κ2) is 18.4. The van der Waals surface area contributed by atoms with Crippen molar-refractivity contribution in [2.45, 2.75) is 63.2 Å². The largest absolute Gasteiger partial charge is 0.456 e. The number of nitrogens with zero attached hydrogens (tertiary/aromatic N) is 1. The van der Waals surface area contributed by atoms with Crippen molar-refractivity contribution in [3.63, 3.8) is 0 Å². The lowest BCUT2D eigenvalue weighted by atomic mass is 9.66. The number of fused-ring (bicyclic) bond motifs is 22. The third-order valence-electron chi connectivity index (χ3n) is 21.8. The van der Waals surface area contributed by atoms with Crippen molar-refractivity contribution in [2.24, 2.45) is 0 Å². The monoisotopic (exact) mass is 1170 g/mol. The summed E-state index contributed by atoms with van der Waals surface area (Å²) < 4.78 is 14.0. The van der Waals surface area contributed by atoms with Crippen LogP contribution in [0.5, 0.6) is 0 Å². The van der Waals surface area contributed by atoms with Crippen LogP contribution < -0.4 is 4.90 Å². The van der Waals surface area contributed by atoms with Crippen molar-refractivity contribution in [1.29, 1.82) is 0 Å². The Balaban J connectivity index is 0.889. The van der Waals surface area contributed by atoms with Crippen LogP contribution in [0.25, 0.3) is 88.4 Å². The molecule has 3 heteroatoms. The van der Waals surface area contributed by atoms with Crippen LogP contribution in [0.3, 0.4) is 0 Å². The first-order chi connectivity index (χ1) is 44.5. The molecule has 432 valence electrons. The third kappa shape index (κ3) is 6.62. The van der Waals surface area contributed by atoms with E-state index in [9.17, 15) is 0 Å². The van der Waals surface area contributed by atoms with Crippen molar-refractivity contribution in [3.05, 3.63) is 351 Å². The van der Waals surface area contributed by atoms with Crippen LogP contribution in [0.15, 0.2) is 282 Å². The molecule has 91 heavy (non-hydrogen) atoms. The van der Waals surface area contributed by atoms with Gasteiger partial charge in [-0.15, -0.1) is 0 Å². The van der Waals surface area contributed by atoms with E-state index in [1.54, 1.807) is 0 Å². The first-order valence-electron chi connectivity index (χ1n) is 32.1. The Kier molecular flexibility index (Phi) is 10.6. The predicted molar refractivity (Wildman–Crippen MR) is 375 cm³/mol. The van der Waals surface area contributed by atoms with E-state index in [4.69, 9.17) is 8.83 Å². The molecule has 19 rings (SSSR count). The summed E-state index contributed by atoms with van der Waals surface area (Å²) in [6.45, 7) is 14.3. The SMILES string of the molecule is Cc1cccc(C)c1N(c1ccc2c(c1)C(C)(C)c1c3c(c4c(oc5ccccc54)c1-2)-c1ccccc1C3(C)C)c1ccc2c(c1)C(c1ccccc1)(c1ccccc1)c1cc3c(cc1-2)C(c1ccccc1)(c1ccccc1)c1ccc2oc4ccccc4c2c1-3. The fourth-order valence-corrected chi connectivity index (χ4v) is 18.1. The van der Waals surface area contributed by atoms with E-state index in [-0.39, 0.29) is 5.41 Å². The molecule has 0 fully saturated rings. The van der Waals surface area contributed by atoms with Crippen LogP contribution in [-0.4, -0.2) is 0 Å². The Morgan fingerprint density at radius 1 is 0.297 bits per heavy atom. The molecule has 13 aromatic carbocycles. The van der Waals surface area contributed by atoms with E-state index in [0.717, 1.165) is 44.5 Å². The second-order valence-corrected chi connectivity index (χ2v) is 27.0. The second-order valence-electron chi connectivity index (χ2n) is 27.0. The molecule has 0 saturated heterocycles. The lowest BCUT2D eigenvalue weighted by Crippen LogP contribution is -2.30. The van der Waals surface area contributed by atoms with E-state index in [2.05, 4.69) is 319 Å². The Bertz CT molecular complexity index is 5510. The summed E-state index contributed by atoms with van der Waals surface area (Å²) in [5.74, 6) is 0. The van der Waals surface area contributed by atoms with Gasteiger partial charge in [-0.05, 0) is 185 Å². The van der Waals surface area contributed by atoms with Crippen molar-refractivity contribution in [1.82, 2.24) is 0 Å². The van der Waals surface area contributed by atoms with Gasteiger partial charge in [-0.3, -0.25) is 0 Å². The maximum absolute atomic E-state index is 7.18. The van der Waals surface area contributed by atoms with Gasteiger partial charge in [0.25, 0.3) is 0 Å². The summed E-state index contributed by atoms with van der Waals surface area (Å²) >= 11 is 0. The summed E-state index contributed by atoms with van der Waals surface area (Å²) in [7, 11) is 0. The molecule has 0 atom stereocenters. The lowest BCUT2D eigenvalue weighted by molar-refractivity contribution is 0.600. The number of rotatable bonds is 7. The zero-order chi connectivity index (χ0) is 60.9. The summed E-state index contributed by atoms with van der Waals surface area (Å²) in [4.78, 5) is 2.57. The molecule has 0 amide bonds. The predicted octanol–water partition coefficient (Wildman–Crippen LogP) is 22.9. The molecule has 15 aromatic rings. The van der Waals surface area contributed by atoms with Gasteiger partial charge in [-0.2, -0.15) is 0 Å².